The van der Waals surface area contributed by atoms with Gasteiger partial charge in [0.05, 0.1) is 52.9 Å². The van der Waals surface area contributed by atoms with Crippen LogP contribution in [0.25, 0.3) is 0 Å². The number of carbonyl (C=O) groups is 1. The first-order valence-electron chi connectivity index (χ1n) is 17.8. The lowest BCUT2D eigenvalue weighted by atomic mass is 9.96. The van der Waals surface area contributed by atoms with Gasteiger partial charge in [-0.3, -0.25) is 4.79 Å². The number of hydrogen-bond donors (Lipinski definition) is 2. The Labute approximate surface area is 286 Å². The predicted octanol–water partition coefficient (Wildman–Crippen LogP) is 8.64. The average Bonchev–Trinajstić information content (AvgIpc) is 3.09. The topological polar surface area (TPSA) is 131 Å². The molecule has 48 heavy (non-hydrogen) atoms. The highest BCUT2D eigenvalue weighted by Gasteiger charge is 2.39. The van der Waals surface area contributed by atoms with E-state index in [2.05, 4.69) is 0 Å². The fourth-order valence-corrected chi connectivity index (χ4v) is 4.55. The molecule has 0 aromatic heterocycles. The summed E-state index contributed by atoms with van der Waals surface area (Å²) in [5.74, 6) is -1.36. The molecule has 0 fully saturated rings. The Hall–Kier alpha value is -3.89. The van der Waals surface area contributed by atoms with Crippen LogP contribution in [0.3, 0.4) is 0 Å². The Morgan fingerprint density at radius 2 is 0.521 bits per heavy atom. The fourth-order valence-electron chi connectivity index (χ4n) is 4.55. The zero-order valence-electron chi connectivity index (χ0n) is 30.4. The number of aromatic hydroxyl groups is 2. The minimum Gasteiger partial charge on any atom is -0.501 e. The Bertz CT molecular complexity index is 1100. The van der Waals surface area contributed by atoms with Crippen LogP contribution in [0.5, 0.6) is 57.5 Å². The van der Waals surface area contributed by atoms with Gasteiger partial charge in [0.1, 0.15) is 11.1 Å². The van der Waals surface area contributed by atoms with Crippen LogP contribution >= 0.6 is 0 Å². The molecule has 0 unspecified atom stereocenters. The van der Waals surface area contributed by atoms with Gasteiger partial charge in [-0.15, -0.1) is 0 Å². The Morgan fingerprint density at radius 3 is 0.688 bits per heavy atom. The molecule has 0 atom stereocenters. The van der Waals surface area contributed by atoms with Crippen LogP contribution < -0.4 is 37.9 Å². The number of phenolic OH excluding ortho intramolecular Hbond substituents is 2. The van der Waals surface area contributed by atoms with Crippen molar-refractivity contribution in [1.82, 2.24) is 0 Å². The van der Waals surface area contributed by atoms with Gasteiger partial charge >= 0.3 is 0 Å². The SMILES string of the molecule is CCCOc1c(O)c(OCCC)c(OCCC)c(C(=O)c2c(OCCC)c(OCCC)c(O)c(OCCC)c2OCCC)c1OCCC. The summed E-state index contributed by atoms with van der Waals surface area (Å²) in [7, 11) is 0. The number of ketones is 1. The van der Waals surface area contributed by atoms with Gasteiger partial charge in [0, 0.05) is 0 Å². The smallest absolute Gasteiger partial charge is 0.208 e. The third-order valence-corrected chi connectivity index (χ3v) is 6.65. The Morgan fingerprint density at radius 1 is 0.354 bits per heavy atom. The first-order chi connectivity index (χ1) is 23.3. The minimum atomic E-state index is -0.630. The summed E-state index contributed by atoms with van der Waals surface area (Å²) < 4.78 is 49.2. The standard InChI is InChI=1S/C37H58O11/c1-9-17-41-30-25(31(42-18-10-2)35(46-22-14-6)28(39)34(30)45-21-13-5)27(38)26-32(43-19-11-3)36(47-23-15-7)29(40)37(48-24-16-8)33(26)44-20-12-4/h39-40H,9-24H2,1-8H3. The van der Waals surface area contributed by atoms with Gasteiger partial charge in [0.15, 0.2) is 23.0 Å². The number of ether oxygens (including phenoxy) is 8. The van der Waals surface area contributed by atoms with Crippen molar-refractivity contribution in [1.29, 1.82) is 0 Å². The fraction of sp³-hybridized carbons (Fsp3) is 0.649. The van der Waals surface area contributed by atoms with Crippen molar-refractivity contribution in [3.8, 4) is 57.5 Å². The lowest BCUT2D eigenvalue weighted by molar-refractivity contribution is 0.101. The lowest BCUT2D eigenvalue weighted by Gasteiger charge is -2.26. The molecule has 2 aromatic carbocycles. The molecule has 0 aliphatic rings. The number of carbonyl (C=O) groups excluding carboxylic acids is 1. The highest BCUT2D eigenvalue weighted by Crippen LogP contribution is 2.58. The van der Waals surface area contributed by atoms with Gasteiger partial charge in [-0.05, 0) is 51.4 Å². The normalized spacial score (nSPS) is 10.8. The summed E-state index contributed by atoms with van der Waals surface area (Å²) in [6.07, 6.45) is 4.97. The molecule has 2 N–H and O–H groups in total. The summed E-state index contributed by atoms with van der Waals surface area (Å²) in [4.78, 5) is 15.4. The first-order valence-corrected chi connectivity index (χ1v) is 17.8. The summed E-state index contributed by atoms with van der Waals surface area (Å²) in [5, 5.41) is 23.2. The number of phenols is 2. The molecule has 0 heterocycles. The lowest BCUT2D eigenvalue weighted by Crippen LogP contribution is -2.17. The van der Waals surface area contributed by atoms with Gasteiger partial charge in [-0.25, -0.2) is 0 Å². The van der Waals surface area contributed by atoms with Crippen LogP contribution in [0.4, 0.5) is 0 Å². The van der Waals surface area contributed by atoms with Crippen LogP contribution in [0, 0.1) is 0 Å². The Kier molecular flexibility index (Phi) is 18.4. The molecule has 0 spiro atoms. The maximum Gasteiger partial charge on any atom is 0.208 e. The first kappa shape index (κ1) is 40.3. The van der Waals surface area contributed by atoms with Gasteiger partial charge in [0.2, 0.25) is 40.3 Å². The second-order valence-corrected chi connectivity index (χ2v) is 11.2. The zero-order valence-corrected chi connectivity index (χ0v) is 30.4. The summed E-state index contributed by atoms with van der Waals surface area (Å²) in [6.45, 7) is 17.3. The Balaban J connectivity index is 3.26. The minimum absolute atomic E-state index is 0.00534. The maximum absolute atomic E-state index is 15.4. The van der Waals surface area contributed by atoms with Gasteiger partial charge < -0.3 is 48.1 Å². The van der Waals surface area contributed by atoms with Crippen LogP contribution in [-0.4, -0.2) is 68.9 Å². The van der Waals surface area contributed by atoms with E-state index in [9.17, 15) is 10.2 Å². The summed E-state index contributed by atoms with van der Waals surface area (Å²) in [6, 6.07) is 0. The van der Waals surface area contributed by atoms with Crippen LogP contribution in [0.1, 0.15) is 123 Å². The molecule has 2 aromatic rings. The van der Waals surface area contributed by atoms with Crippen molar-refractivity contribution < 1.29 is 52.9 Å². The van der Waals surface area contributed by atoms with Crippen molar-refractivity contribution in [2.45, 2.75) is 107 Å². The second kappa shape index (κ2) is 21.9. The van der Waals surface area contributed by atoms with E-state index in [1.807, 2.05) is 55.4 Å². The van der Waals surface area contributed by atoms with E-state index in [0.29, 0.717) is 51.4 Å². The molecule has 0 radical (unpaired) electrons. The molecule has 0 saturated carbocycles. The zero-order chi connectivity index (χ0) is 35.5. The van der Waals surface area contributed by atoms with Crippen LogP contribution in [-0.2, 0) is 0 Å². The van der Waals surface area contributed by atoms with Crippen molar-refractivity contribution in [3.63, 3.8) is 0 Å². The largest absolute Gasteiger partial charge is 0.501 e. The second-order valence-electron chi connectivity index (χ2n) is 11.2. The van der Waals surface area contributed by atoms with Crippen molar-refractivity contribution in [3.05, 3.63) is 11.1 Å². The molecule has 0 aliphatic heterocycles. The highest BCUT2D eigenvalue weighted by atomic mass is 16.6. The van der Waals surface area contributed by atoms with Gasteiger partial charge in [0.25, 0.3) is 0 Å². The summed E-state index contributed by atoms with van der Waals surface area (Å²) >= 11 is 0. The maximum atomic E-state index is 15.4. The highest BCUT2D eigenvalue weighted by molar-refractivity contribution is 6.18. The van der Waals surface area contributed by atoms with E-state index in [-0.39, 0.29) is 121 Å². The molecule has 0 aliphatic carbocycles. The average molecular weight is 679 g/mol. The van der Waals surface area contributed by atoms with E-state index in [4.69, 9.17) is 37.9 Å². The predicted molar refractivity (Wildman–Crippen MR) is 186 cm³/mol. The van der Waals surface area contributed by atoms with E-state index in [1.54, 1.807) is 0 Å². The van der Waals surface area contributed by atoms with Gasteiger partial charge in [-0.2, -0.15) is 0 Å². The molecule has 0 bridgehead atoms. The molecular weight excluding hydrogens is 620 g/mol. The third-order valence-electron chi connectivity index (χ3n) is 6.65. The van der Waals surface area contributed by atoms with Crippen molar-refractivity contribution >= 4 is 5.78 Å². The summed E-state index contributed by atoms with van der Waals surface area (Å²) in [5.41, 5.74) is -0.0775. The van der Waals surface area contributed by atoms with Crippen molar-refractivity contribution in [2.24, 2.45) is 0 Å². The molecule has 272 valence electrons. The van der Waals surface area contributed by atoms with E-state index in [0.717, 1.165) is 0 Å². The molecular formula is C37H58O11. The monoisotopic (exact) mass is 678 g/mol. The molecule has 0 amide bonds. The van der Waals surface area contributed by atoms with Crippen LogP contribution in [0.15, 0.2) is 0 Å². The molecule has 11 nitrogen and oxygen atoms in total. The quantitative estimate of drug-likeness (QED) is 0.0927. The van der Waals surface area contributed by atoms with E-state index in [1.165, 1.54) is 0 Å². The van der Waals surface area contributed by atoms with E-state index < -0.39 is 5.78 Å². The van der Waals surface area contributed by atoms with Crippen LogP contribution in [0.2, 0.25) is 0 Å². The van der Waals surface area contributed by atoms with Crippen molar-refractivity contribution in [2.75, 3.05) is 52.9 Å². The number of hydrogen-bond acceptors (Lipinski definition) is 11. The van der Waals surface area contributed by atoms with Gasteiger partial charge in [-0.1, -0.05) is 55.4 Å². The molecule has 11 heteroatoms. The number of benzene rings is 2. The number of rotatable bonds is 26. The molecule has 2 rings (SSSR count). The van der Waals surface area contributed by atoms with E-state index >= 15 is 4.79 Å². The molecule has 0 saturated heterocycles. The third kappa shape index (κ3) is 10.1.